The fraction of sp³-hybridized carbons (Fsp3) is 0.278. The zero-order valence-electron chi connectivity index (χ0n) is 14.3. The van der Waals surface area contributed by atoms with Crippen molar-refractivity contribution in [2.75, 3.05) is 11.9 Å². The molecule has 0 saturated heterocycles. The zero-order chi connectivity index (χ0) is 17.6. The summed E-state index contributed by atoms with van der Waals surface area (Å²) >= 11 is 1.38. The fourth-order valence-corrected chi connectivity index (χ4v) is 3.52. The van der Waals surface area contributed by atoms with Gasteiger partial charge in [-0.05, 0) is 19.4 Å². The second-order valence-electron chi connectivity index (χ2n) is 5.66. The molecule has 0 aliphatic carbocycles. The SMILES string of the molecule is CCNc1nc(C)c(C(=O)NC(Cn2ccnc2)c2ccccc2)s1. The van der Waals surface area contributed by atoms with Gasteiger partial charge in [0.1, 0.15) is 4.88 Å². The van der Waals surface area contributed by atoms with Crippen LogP contribution in [0.5, 0.6) is 0 Å². The van der Waals surface area contributed by atoms with Crippen LogP contribution in [0.15, 0.2) is 49.1 Å². The molecule has 6 nitrogen and oxygen atoms in total. The number of carbonyl (C=O) groups is 1. The summed E-state index contributed by atoms with van der Waals surface area (Å²) in [4.78, 5) is 21.9. The van der Waals surface area contributed by atoms with E-state index in [0.717, 1.165) is 22.9 Å². The van der Waals surface area contributed by atoms with Crippen LogP contribution in [0, 0.1) is 6.92 Å². The lowest BCUT2D eigenvalue weighted by molar-refractivity contribution is 0.0936. The van der Waals surface area contributed by atoms with E-state index in [-0.39, 0.29) is 11.9 Å². The van der Waals surface area contributed by atoms with Gasteiger partial charge in [-0.2, -0.15) is 0 Å². The third-order valence-corrected chi connectivity index (χ3v) is 4.90. The Morgan fingerprint density at radius 3 is 2.80 bits per heavy atom. The number of imidazole rings is 1. The number of carbonyl (C=O) groups excluding carboxylic acids is 1. The summed E-state index contributed by atoms with van der Waals surface area (Å²) in [5.41, 5.74) is 1.80. The van der Waals surface area contributed by atoms with Crippen LogP contribution in [0.25, 0.3) is 0 Å². The molecule has 2 heterocycles. The van der Waals surface area contributed by atoms with E-state index in [2.05, 4.69) is 20.6 Å². The molecule has 3 rings (SSSR count). The van der Waals surface area contributed by atoms with Crippen LogP contribution in [0.1, 0.15) is 33.9 Å². The van der Waals surface area contributed by atoms with Gasteiger partial charge in [-0.25, -0.2) is 9.97 Å². The van der Waals surface area contributed by atoms with Gasteiger partial charge in [0.2, 0.25) is 0 Å². The number of aryl methyl sites for hydroxylation is 1. The second kappa shape index (κ2) is 7.94. The highest BCUT2D eigenvalue weighted by atomic mass is 32.1. The second-order valence-corrected chi connectivity index (χ2v) is 6.66. The highest BCUT2D eigenvalue weighted by Gasteiger charge is 2.20. The summed E-state index contributed by atoms with van der Waals surface area (Å²) in [5, 5.41) is 7.07. The highest BCUT2D eigenvalue weighted by Crippen LogP contribution is 2.24. The van der Waals surface area contributed by atoms with Crippen molar-refractivity contribution in [1.29, 1.82) is 0 Å². The molecule has 0 spiro atoms. The number of hydrogen-bond acceptors (Lipinski definition) is 5. The quantitative estimate of drug-likeness (QED) is 0.682. The number of amides is 1. The third kappa shape index (κ3) is 4.24. The molecule has 25 heavy (non-hydrogen) atoms. The topological polar surface area (TPSA) is 71.8 Å². The van der Waals surface area contributed by atoms with Gasteiger partial charge in [0.25, 0.3) is 5.91 Å². The van der Waals surface area contributed by atoms with E-state index in [1.165, 1.54) is 11.3 Å². The van der Waals surface area contributed by atoms with Gasteiger partial charge in [0.05, 0.1) is 18.1 Å². The van der Waals surface area contributed by atoms with Crippen molar-refractivity contribution < 1.29 is 4.79 Å². The number of anilines is 1. The number of benzene rings is 1. The summed E-state index contributed by atoms with van der Waals surface area (Å²) < 4.78 is 1.96. The smallest absolute Gasteiger partial charge is 0.263 e. The maximum atomic E-state index is 12.8. The molecule has 1 unspecified atom stereocenters. The average Bonchev–Trinajstić information content (AvgIpc) is 3.25. The number of aromatic nitrogens is 3. The number of nitrogens with zero attached hydrogens (tertiary/aromatic N) is 3. The Balaban J connectivity index is 1.81. The number of nitrogens with one attached hydrogen (secondary N) is 2. The third-order valence-electron chi connectivity index (χ3n) is 3.79. The molecule has 0 radical (unpaired) electrons. The van der Waals surface area contributed by atoms with Crippen LogP contribution in [0.3, 0.4) is 0 Å². The minimum absolute atomic E-state index is 0.104. The molecular formula is C18H21N5OS. The van der Waals surface area contributed by atoms with Gasteiger partial charge in [-0.1, -0.05) is 41.7 Å². The molecule has 1 aromatic carbocycles. The zero-order valence-corrected chi connectivity index (χ0v) is 15.1. The van der Waals surface area contributed by atoms with Crippen molar-refractivity contribution >= 4 is 22.4 Å². The summed E-state index contributed by atoms with van der Waals surface area (Å²) in [6, 6.07) is 9.81. The summed E-state index contributed by atoms with van der Waals surface area (Å²) in [6.45, 7) is 5.27. The lowest BCUT2D eigenvalue weighted by atomic mass is 10.1. The summed E-state index contributed by atoms with van der Waals surface area (Å²) in [7, 11) is 0. The maximum absolute atomic E-state index is 12.8. The van der Waals surface area contributed by atoms with Crippen molar-refractivity contribution in [3.8, 4) is 0 Å². The van der Waals surface area contributed by atoms with E-state index in [9.17, 15) is 4.79 Å². The molecule has 2 aromatic heterocycles. The van der Waals surface area contributed by atoms with Gasteiger partial charge in [0, 0.05) is 25.5 Å². The maximum Gasteiger partial charge on any atom is 0.263 e. The Morgan fingerprint density at radius 1 is 1.32 bits per heavy atom. The molecule has 0 fully saturated rings. The Hall–Kier alpha value is -2.67. The molecule has 1 amide bonds. The van der Waals surface area contributed by atoms with Gasteiger partial charge in [0.15, 0.2) is 5.13 Å². The monoisotopic (exact) mass is 355 g/mol. The van der Waals surface area contributed by atoms with Crippen LogP contribution >= 0.6 is 11.3 Å². The van der Waals surface area contributed by atoms with Crippen LogP contribution in [0.2, 0.25) is 0 Å². The number of rotatable bonds is 7. The summed E-state index contributed by atoms with van der Waals surface area (Å²) in [5.74, 6) is -0.104. The highest BCUT2D eigenvalue weighted by molar-refractivity contribution is 7.17. The Labute approximate surface area is 150 Å². The molecular weight excluding hydrogens is 334 g/mol. The minimum atomic E-state index is -0.146. The molecule has 0 bridgehead atoms. The van der Waals surface area contributed by atoms with Gasteiger partial charge >= 0.3 is 0 Å². The predicted octanol–water partition coefficient (Wildman–Crippen LogP) is 3.25. The van der Waals surface area contributed by atoms with Crippen LogP contribution in [-0.2, 0) is 6.54 Å². The normalized spacial score (nSPS) is 11.9. The largest absolute Gasteiger partial charge is 0.362 e. The first-order valence-corrected chi connectivity index (χ1v) is 9.02. The van der Waals surface area contributed by atoms with Crippen LogP contribution in [0.4, 0.5) is 5.13 Å². The van der Waals surface area contributed by atoms with Crippen molar-refractivity contribution in [3.63, 3.8) is 0 Å². The van der Waals surface area contributed by atoms with E-state index in [1.807, 2.05) is 54.9 Å². The Morgan fingerprint density at radius 2 is 2.12 bits per heavy atom. The first-order chi connectivity index (χ1) is 12.2. The minimum Gasteiger partial charge on any atom is -0.362 e. The Kier molecular flexibility index (Phi) is 5.45. The Bertz CT molecular complexity index is 813. The molecule has 3 aromatic rings. The molecule has 0 aliphatic rings. The van der Waals surface area contributed by atoms with Crippen LogP contribution < -0.4 is 10.6 Å². The lowest BCUT2D eigenvalue weighted by Gasteiger charge is -2.19. The first kappa shape index (κ1) is 17.2. The molecule has 130 valence electrons. The van der Waals surface area contributed by atoms with Crippen molar-refractivity contribution in [1.82, 2.24) is 19.9 Å². The molecule has 0 aliphatic heterocycles. The molecule has 7 heteroatoms. The first-order valence-electron chi connectivity index (χ1n) is 8.20. The van der Waals surface area contributed by atoms with Crippen molar-refractivity contribution in [2.24, 2.45) is 0 Å². The van der Waals surface area contributed by atoms with Gasteiger partial charge in [-0.15, -0.1) is 0 Å². The van der Waals surface area contributed by atoms with Gasteiger partial charge < -0.3 is 15.2 Å². The average molecular weight is 355 g/mol. The number of hydrogen-bond donors (Lipinski definition) is 2. The summed E-state index contributed by atoms with van der Waals surface area (Å²) in [6.07, 6.45) is 5.38. The van der Waals surface area contributed by atoms with Crippen molar-refractivity contribution in [3.05, 3.63) is 65.2 Å². The molecule has 2 N–H and O–H groups in total. The van der Waals surface area contributed by atoms with E-state index in [4.69, 9.17) is 0 Å². The van der Waals surface area contributed by atoms with Crippen molar-refractivity contribution in [2.45, 2.75) is 26.4 Å². The number of thiazole rings is 1. The van der Waals surface area contributed by atoms with Gasteiger partial charge in [-0.3, -0.25) is 4.79 Å². The lowest BCUT2D eigenvalue weighted by Crippen LogP contribution is -2.31. The predicted molar refractivity (Wildman–Crippen MR) is 99.9 cm³/mol. The fourth-order valence-electron chi connectivity index (χ4n) is 2.58. The molecule has 1 atom stereocenters. The van der Waals surface area contributed by atoms with E-state index < -0.39 is 0 Å². The van der Waals surface area contributed by atoms with E-state index >= 15 is 0 Å². The standard InChI is InChI=1S/C18H21N5OS/c1-3-20-18-21-13(2)16(25-18)17(24)22-15(11-23-10-9-19-12-23)14-7-5-4-6-8-14/h4-10,12,15H,3,11H2,1-2H3,(H,20,21)(H,22,24). The van der Waals surface area contributed by atoms with Crippen LogP contribution in [-0.4, -0.2) is 27.0 Å². The van der Waals surface area contributed by atoms with E-state index in [1.54, 1.807) is 12.5 Å². The molecule has 0 saturated carbocycles. The van der Waals surface area contributed by atoms with E-state index in [0.29, 0.717) is 11.4 Å².